The van der Waals surface area contributed by atoms with E-state index in [4.69, 9.17) is 32.4 Å². The number of hydrogen-bond donors (Lipinski definition) is 4. The van der Waals surface area contributed by atoms with E-state index in [1.807, 2.05) is 0 Å². The van der Waals surface area contributed by atoms with Crippen molar-refractivity contribution in [1.82, 2.24) is 0 Å². The molecule has 9 heteroatoms. The highest BCUT2D eigenvalue weighted by Crippen LogP contribution is 2.39. The molecule has 8 N–H and O–H groups in total. The Morgan fingerprint density at radius 1 is 0.607 bits per heavy atom. The van der Waals surface area contributed by atoms with Gasteiger partial charge in [0.2, 0.25) is 0 Å². The number of halogens is 3. The number of nitrogens with two attached hydrogens (primary N) is 4. The molecule has 0 saturated heterocycles. The monoisotopic (exact) mass is 390 g/mol. The number of alkyl halides is 3. The van der Waals surface area contributed by atoms with Crippen LogP contribution in [0.3, 0.4) is 0 Å². The molecule has 3 aromatic carbocycles. The molecule has 6 nitrogen and oxygen atoms in total. The van der Waals surface area contributed by atoms with Gasteiger partial charge in [-0.2, -0.15) is 13.2 Å². The lowest BCUT2D eigenvalue weighted by Gasteiger charge is -2.15. The molecule has 146 valence electrons. The maximum Gasteiger partial charge on any atom is 0.416 e. The van der Waals surface area contributed by atoms with E-state index in [9.17, 15) is 13.2 Å². The van der Waals surface area contributed by atoms with E-state index in [-0.39, 0.29) is 34.4 Å². The molecule has 3 aromatic rings. The minimum absolute atomic E-state index is 0.115. The molecular weight excluding hydrogens is 373 g/mol. The molecule has 0 spiro atoms. The molecule has 0 bridgehead atoms. The molecule has 28 heavy (non-hydrogen) atoms. The Balaban J connectivity index is 1.99. The number of benzene rings is 3. The van der Waals surface area contributed by atoms with Gasteiger partial charge in [-0.1, -0.05) is 0 Å². The van der Waals surface area contributed by atoms with Crippen LogP contribution in [0.4, 0.5) is 35.9 Å². The van der Waals surface area contributed by atoms with Crippen LogP contribution in [-0.2, 0) is 6.18 Å². The quantitative estimate of drug-likeness (QED) is 0.482. The number of hydrogen-bond acceptors (Lipinski definition) is 6. The number of nitrogen functional groups attached to an aromatic ring is 4. The zero-order valence-corrected chi connectivity index (χ0v) is 14.5. The first kappa shape index (κ1) is 19.0. The van der Waals surface area contributed by atoms with E-state index in [2.05, 4.69) is 0 Å². The van der Waals surface area contributed by atoms with E-state index in [1.165, 1.54) is 42.5 Å². The lowest BCUT2D eigenvalue weighted by Crippen LogP contribution is -2.06. The molecule has 0 fully saturated rings. The van der Waals surface area contributed by atoms with Crippen LogP contribution in [0.25, 0.3) is 0 Å². The van der Waals surface area contributed by atoms with Crippen LogP contribution in [-0.4, -0.2) is 0 Å². The first-order chi connectivity index (χ1) is 13.1. The molecule has 0 atom stereocenters. The molecule has 0 heterocycles. The third-order valence-corrected chi connectivity index (χ3v) is 3.73. The first-order valence-corrected chi connectivity index (χ1v) is 8.00. The van der Waals surface area contributed by atoms with E-state index in [1.54, 1.807) is 0 Å². The fourth-order valence-electron chi connectivity index (χ4n) is 2.43. The van der Waals surface area contributed by atoms with Gasteiger partial charge in [-0.15, -0.1) is 0 Å². The number of ether oxygens (including phenoxy) is 2. The highest BCUT2D eigenvalue weighted by atomic mass is 19.4. The molecule has 0 unspecified atom stereocenters. The van der Waals surface area contributed by atoms with Crippen LogP contribution in [0.5, 0.6) is 23.0 Å². The minimum Gasteiger partial charge on any atom is -0.455 e. The van der Waals surface area contributed by atoms with Crippen molar-refractivity contribution in [1.29, 1.82) is 0 Å². The smallest absolute Gasteiger partial charge is 0.416 e. The maximum atomic E-state index is 13.3. The topological polar surface area (TPSA) is 123 Å². The van der Waals surface area contributed by atoms with Crippen LogP contribution in [0.1, 0.15) is 5.56 Å². The summed E-state index contributed by atoms with van der Waals surface area (Å²) in [6.45, 7) is 0. The Morgan fingerprint density at radius 2 is 1.04 bits per heavy atom. The average Bonchev–Trinajstić information content (AvgIpc) is 2.59. The normalized spacial score (nSPS) is 11.2. The largest absolute Gasteiger partial charge is 0.455 e. The highest BCUT2D eigenvalue weighted by molar-refractivity contribution is 5.63. The van der Waals surface area contributed by atoms with Crippen LogP contribution in [0.2, 0.25) is 0 Å². The van der Waals surface area contributed by atoms with Crippen LogP contribution < -0.4 is 32.4 Å². The second-order valence-corrected chi connectivity index (χ2v) is 5.99. The zero-order chi connectivity index (χ0) is 20.5. The summed E-state index contributed by atoms with van der Waals surface area (Å²) in [7, 11) is 0. The van der Waals surface area contributed by atoms with Crippen molar-refractivity contribution in [2.24, 2.45) is 0 Å². The summed E-state index contributed by atoms with van der Waals surface area (Å²) in [6.07, 6.45) is -4.61. The van der Waals surface area contributed by atoms with Crippen molar-refractivity contribution in [2.45, 2.75) is 6.18 Å². The Hall–Kier alpha value is -3.75. The van der Waals surface area contributed by atoms with Gasteiger partial charge in [0.25, 0.3) is 0 Å². The summed E-state index contributed by atoms with van der Waals surface area (Å²) in [6, 6.07) is 11.8. The highest BCUT2D eigenvalue weighted by Gasteiger charge is 2.32. The molecule has 3 rings (SSSR count). The van der Waals surface area contributed by atoms with Gasteiger partial charge >= 0.3 is 6.18 Å². The fraction of sp³-hybridized carbons (Fsp3) is 0.0526. The van der Waals surface area contributed by atoms with Gasteiger partial charge in [0, 0.05) is 17.4 Å². The van der Waals surface area contributed by atoms with Crippen molar-refractivity contribution in [2.75, 3.05) is 22.9 Å². The van der Waals surface area contributed by atoms with Crippen molar-refractivity contribution in [3.05, 3.63) is 60.2 Å². The molecular formula is C19H17F3N4O2. The van der Waals surface area contributed by atoms with Crippen LogP contribution in [0, 0.1) is 0 Å². The minimum atomic E-state index is -4.61. The summed E-state index contributed by atoms with van der Waals surface area (Å²) in [5.74, 6) is 0.0866. The standard InChI is InChI=1S/C19H17F3N4O2/c20-19(21,22)10-5-13(27-17-3-1-11(23)7-15(17)25)9-14(6-10)28-18-4-2-12(24)8-16(18)26/h1-9H,23-26H2. The third kappa shape index (κ3) is 4.32. The van der Waals surface area contributed by atoms with E-state index < -0.39 is 11.7 Å². The lowest BCUT2D eigenvalue weighted by atomic mass is 10.2. The van der Waals surface area contributed by atoms with Crippen LogP contribution >= 0.6 is 0 Å². The fourth-order valence-corrected chi connectivity index (χ4v) is 2.43. The average molecular weight is 390 g/mol. The lowest BCUT2D eigenvalue weighted by molar-refractivity contribution is -0.137. The Labute approximate surface area is 158 Å². The summed E-state index contributed by atoms with van der Waals surface area (Å²) in [4.78, 5) is 0. The molecule has 0 amide bonds. The molecule has 0 radical (unpaired) electrons. The van der Waals surface area contributed by atoms with Gasteiger partial charge < -0.3 is 32.4 Å². The predicted octanol–water partition coefficient (Wildman–Crippen LogP) is 4.62. The summed E-state index contributed by atoms with van der Waals surface area (Å²) in [5, 5.41) is 0. The Bertz CT molecular complexity index is 951. The predicted molar refractivity (Wildman–Crippen MR) is 102 cm³/mol. The van der Waals surface area contributed by atoms with Gasteiger partial charge in [0.05, 0.1) is 16.9 Å². The SMILES string of the molecule is Nc1ccc(Oc2cc(Oc3ccc(N)cc3N)cc(C(F)(F)F)c2)c(N)c1. The van der Waals surface area contributed by atoms with Gasteiger partial charge in [-0.05, 0) is 48.5 Å². The van der Waals surface area contributed by atoms with Gasteiger partial charge in [0.1, 0.15) is 23.0 Å². The third-order valence-electron chi connectivity index (χ3n) is 3.73. The summed E-state index contributed by atoms with van der Waals surface area (Å²) in [5.41, 5.74) is 23.0. The van der Waals surface area contributed by atoms with Gasteiger partial charge in [-0.3, -0.25) is 0 Å². The van der Waals surface area contributed by atoms with Gasteiger partial charge in [-0.25, -0.2) is 0 Å². The molecule has 0 saturated carbocycles. The van der Waals surface area contributed by atoms with E-state index in [0.717, 1.165) is 12.1 Å². The Kier molecular flexibility index (Phi) is 4.83. The first-order valence-electron chi connectivity index (χ1n) is 8.00. The number of anilines is 4. The molecule has 0 aliphatic heterocycles. The van der Waals surface area contributed by atoms with E-state index >= 15 is 0 Å². The zero-order valence-electron chi connectivity index (χ0n) is 14.5. The van der Waals surface area contributed by atoms with Crippen molar-refractivity contribution >= 4 is 22.7 Å². The molecule has 0 aliphatic carbocycles. The molecule has 0 aliphatic rings. The van der Waals surface area contributed by atoms with E-state index in [0.29, 0.717) is 11.4 Å². The van der Waals surface area contributed by atoms with Gasteiger partial charge in [0.15, 0.2) is 0 Å². The maximum absolute atomic E-state index is 13.3. The summed E-state index contributed by atoms with van der Waals surface area (Å²) < 4.78 is 50.9. The Morgan fingerprint density at radius 3 is 1.39 bits per heavy atom. The van der Waals surface area contributed by atoms with Crippen molar-refractivity contribution < 1.29 is 22.6 Å². The summed E-state index contributed by atoms with van der Waals surface area (Å²) >= 11 is 0. The molecule has 0 aromatic heterocycles. The van der Waals surface area contributed by atoms with Crippen LogP contribution in [0.15, 0.2) is 54.6 Å². The second kappa shape index (κ2) is 7.10. The van der Waals surface area contributed by atoms with Crippen molar-refractivity contribution in [3.8, 4) is 23.0 Å². The second-order valence-electron chi connectivity index (χ2n) is 5.99. The number of rotatable bonds is 4. The van der Waals surface area contributed by atoms with Crippen molar-refractivity contribution in [3.63, 3.8) is 0 Å².